The summed E-state index contributed by atoms with van der Waals surface area (Å²) in [7, 11) is 1.58. The SMILES string of the molecule is COc1ccc(-c2cnc(C(=O)O)o2)cc1. The van der Waals surface area contributed by atoms with E-state index in [1.165, 1.54) is 6.20 Å². The van der Waals surface area contributed by atoms with Crippen molar-refractivity contribution in [2.24, 2.45) is 0 Å². The minimum Gasteiger partial charge on any atom is -0.497 e. The van der Waals surface area contributed by atoms with Gasteiger partial charge in [0.05, 0.1) is 13.3 Å². The number of nitrogens with zero attached hydrogens (tertiary/aromatic N) is 1. The Bertz CT molecular complexity index is 501. The lowest BCUT2D eigenvalue weighted by molar-refractivity contribution is 0.0654. The van der Waals surface area contributed by atoms with Gasteiger partial charge in [0, 0.05) is 5.56 Å². The Morgan fingerprint density at radius 2 is 2.06 bits per heavy atom. The summed E-state index contributed by atoms with van der Waals surface area (Å²) in [5.74, 6) is -0.354. The average molecular weight is 219 g/mol. The van der Waals surface area contributed by atoms with Crippen LogP contribution in [-0.4, -0.2) is 23.2 Å². The Morgan fingerprint density at radius 1 is 1.38 bits per heavy atom. The highest BCUT2D eigenvalue weighted by Gasteiger charge is 2.12. The molecule has 0 aliphatic heterocycles. The lowest BCUT2D eigenvalue weighted by Gasteiger charge is -1.99. The van der Waals surface area contributed by atoms with E-state index in [0.717, 1.165) is 11.3 Å². The molecule has 0 atom stereocenters. The van der Waals surface area contributed by atoms with Gasteiger partial charge in [-0.1, -0.05) is 0 Å². The summed E-state index contributed by atoms with van der Waals surface area (Å²) in [6, 6.07) is 7.06. The molecule has 0 fully saturated rings. The second-order valence-corrected chi connectivity index (χ2v) is 3.06. The van der Waals surface area contributed by atoms with Crippen molar-refractivity contribution in [2.75, 3.05) is 7.11 Å². The number of carboxylic acids is 1. The number of hydrogen-bond donors (Lipinski definition) is 1. The van der Waals surface area contributed by atoms with Crippen LogP contribution < -0.4 is 4.74 Å². The van der Waals surface area contributed by atoms with Crippen molar-refractivity contribution < 1.29 is 19.1 Å². The molecule has 1 aromatic carbocycles. The smallest absolute Gasteiger partial charge is 0.392 e. The van der Waals surface area contributed by atoms with Crippen molar-refractivity contribution in [3.63, 3.8) is 0 Å². The number of rotatable bonds is 3. The zero-order valence-corrected chi connectivity index (χ0v) is 8.51. The molecule has 0 unspecified atom stereocenters. The predicted molar refractivity (Wildman–Crippen MR) is 55.5 cm³/mol. The zero-order valence-electron chi connectivity index (χ0n) is 8.51. The van der Waals surface area contributed by atoms with E-state index in [-0.39, 0.29) is 5.89 Å². The lowest BCUT2D eigenvalue weighted by Crippen LogP contribution is -1.94. The molecule has 0 radical (unpaired) electrons. The first-order chi connectivity index (χ1) is 7.70. The van der Waals surface area contributed by atoms with Crippen molar-refractivity contribution in [3.05, 3.63) is 36.4 Å². The number of oxazole rings is 1. The fourth-order valence-corrected chi connectivity index (χ4v) is 1.26. The van der Waals surface area contributed by atoms with Gasteiger partial charge in [-0.25, -0.2) is 9.78 Å². The van der Waals surface area contributed by atoms with Gasteiger partial charge in [-0.3, -0.25) is 0 Å². The molecule has 2 rings (SSSR count). The Morgan fingerprint density at radius 3 is 2.56 bits per heavy atom. The van der Waals surface area contributed by atoms with Crippen LogP contribution in [-0.2, 0) is 0 Å². The fraction of sp³-hybridized carbons (Fsp3) is 0.0909. The van der Waals surface area contributed by atoms with E-state index >= 15 is 0 Å². The van der Waals surface area contributed by atoms with Gasteiger partial charge in [0.15, 0.2) is 5.76 Å². The van der Waals surface area contributed by atoms with Crippen LogP contribution in [0.5, 0.6) is 5.75 Å². The normalized spacial score (nSPS) is 10.1. The summed E-state index contributed by atoms with van der Waals surface area (Å²) < 4.78 is 10.1. The molecule has 16 heavy (non-hydrogen) atoms. The number of methoxy groups -OCH3 is 1. The number of aromatic nitrogens is 1. The molecule has 2 aromatic rings. The van der Waals surface area contributed by atoms with E-state index in [2.05, 4.69) is 4.98 Å². The summed E-state index contributed by atoms with van der Waals surface area (Å²) in [6.45, 7) is 0. The van der Waals surface area contributed by atoms with Crippen LogP contribution in [0.3, 0.4) is 0 Å². The molecule has 0 aliphatic carbocycles. The van der Waals surface area contributed by atoms with Gasteiger partial charge in [-0.15, -0.1) is 0 Å². The second-order valence-electron chi connectivity index (χ2n) is 3.06. The van der Waals surface area contributed by atoms with Crippen LogP contribution in [0.1, 0.15) is 10.7 Å². The van der Waals surface area contributed by atoms with Crippen LogP contribution in [0.2, 0.25) is 0 Å². The average Bonchev–Trinajstić information content (AvgIpc) is 2.78. The third-order valence-electron chi connectivity index (χ3n) is 2.06. The summed E-state index contributed by atoms with van der Waals surface area (Å²) in [5, 5.41) is 8.65. The van der Waals surface area contributed by atoms with Crippen LogP contribution in [0.4, 0.5) is 0 Å². The van der Waals surface area contributed by atoms with E-state index < -0.39 is 5.97 Å². The van der Waals surface area contributed by atoms with Gasteiger partial charge in [0.25, 0.3) is 0 Å². The van der Waals surface area contributed by atoms with Crippen LogP contribution in [0.25, 0.3) is 11.3 Å². The van der Waals surface area contributed by atoms with Crippen molar-refractivity contribution in [2.45, 2.75) is 0 Å². The Labute approximate surface area is 91.3 Å². The molecule has 0 amide bonds. The maximum absolute atomic E-state index is 10.6. The standard InChI is InChI=1S/C11H9NO4/c1-15-8-4-2-7(3-5-8)9-6-12-10(16-9)11(13)14/h2-6H,1H3,(H,13,14). The number of ether oxygens (including phenoxy) is 1. The van der Waals surface area contributed by atoms with E-state index in [1.807, 2.05) is 0 Å². The third kappa shape index (κ3) is 1.88. The number of aromatic carboxylic acids is 1. The number of benzene rings is 1. The highest BCUT2D eigenvalue weighted by atomic mass is 16.5. The molecule has 0 bridgehead atoms. The van der Waals surface area contributed by atoms with Gasteiger partial charge in [0.1, 0.15) is 5.75 Å². The summed E-state index contributed by atoms with van der Waals surface area (Å²) >= 11 is 0. The molecular formula is C11H9NO4. The molecular weight excluding hydrogens is 210 g/mol. The van der Waals surface area contributed by atoms with Gasteiger partial charge in [-0.05, 0) is 24.3 Å². The molecule has 5 heteroatoms. The van der Waals surface area contributed by atoms with Crippen molar-refractivity contribution in [3.8, 4) is 17.1 Å². The maximum Gasteiger partial charge on any atom is 0.392 e. The topological polar surface area (TPSA) is 72.6 Å². The Hall–Kier alpha value is -2.30. The monoisotopic (exact) mass is 219 g/mol. The quantitative estimate of drug-likeness (QED) is 0.855. The van der Waals surface area contributed by atoms with E-state index in [9.17, 15) is 4.79 Å². The number of hydrogen-bond acceptors (Lipinski definition) is 4. The molecule has 82 valence electrons. The Balaban J connectivity index is 2.31. The highest BCUT2D eigenvalue weighted by Crippen LogP contribution is 2.22. The summed E-state index contributed by atoms with van der Waals surface area (Å²) in [4.78, 5) is 14.2. The molecule has 0 saturated heterocycles. The summed E-state index contributed by atoms with van der Waals surface area (Å²) in [6.07, 6.45) is 1.38. The van der Waals surface area contributed by atoms with Crippen molar-refractivity contribution in [1.82, 2.24) is 4.98 Å². The van der Waals surface area contributed by atoms with Crippen LogP contribution >= 0.6 is 0 Å². The van der Waals surface area contributed by atoms with Gasteiger partial charge >= 0.3 is 11.9 Å². The molecule has 5 nitrogen and oxygen atoms in total. The predicted octanol–water partition coefficient (Wildman–Crippen LogP) is 2.05. The highest BCUT2D eigenvalue weighted by molar-refractivity contribution is 5.82. The van der Waals surface area contributed by atoms with Crippen LogP contribution in [0, 0.1) is 0 Å². The zero-order chi connectivity index (χ0) is 11.5. The third-order valence-corrected chi connectivity index (χ3v) is 2.06. The molecule has 0 spiro atoms. The van der Waals surface area contributed by atoms with Gasteiger partial charge in [0.2, 0.25) is 0 Å². The summed E-state index contributed by atoms with van der Waals surface area (Å²) in [5.41, 5.74) is 0.751. The minimum absolute atomic E-state index is 0.314. The second kappa shape index (κ2) is 4.06. The molecule has 1 N–H and O–H groups in total. The molecule has 1 aromatic heterocycles. The number of carboxylic acid groups (broad SMARTS) is 1. The number of carbonyl (C=O) groups is 1. The van der Waals surface area contributed by atoms with Crippen LogP contribution in [0.15, 0.2) is 34.9 Å². The van der Waals surface area contributed by atoms with Crippen molar-refractivity contribution >= 4 is 5.97 Å². The first-order valence-electron chi connectivity index (χ1n) is 4.54. The molecule has 0 saturated carbocycles. The van der Waals surface area contributed by atoms with E-state index in [0.29, 0.717) is 5.76 Å². The van der Waals surface area contributed by atoms with Gasteiger partial charge < -0.3 is 14.3 Å². The molecule has 0 aliphatic rings. The first kappa shape index (κ1) is 10.2. The lowest BCUT2D eigenvalue weighted by atomic mass is 10.2. The van der Waals surface area contributed by atoms with E-state index in [1.54, 1.807) is 31.4 Å². The maximum atomic E-state index is 10.6. The van der Waals surface area contributed by atoms with Crippen molar-refractivity contribution in [1.29, 1.82) is 0 Å². The molecule has 1 heterocycles. The van der Waals surface area contributed by atoms with Gasteiger partial charge in [-0.2, -0.15) is 0 Å². The van der Waals surface area contributed by atoms with E-state index in [4.69, 9.17) is 14.3 Å². The first-order valence-corrected chi connectivity index (χ1v) is 4.54. The minimum atomic E-state index is -1.18. The largest absolute Gasteiger partial charge is 0.497 e. The Kier molecular flexibility index (Phi) is 2.59. The fourth-order valence-electron chi connectivity index (χ4n) is 1.26.